The van der Waals surface area contributed by atoms with Gasteiger partial charge in [0.05, 0.1) is 36.1 Å². The Morgan fingerprint density at radius 3 is 2.06 bits per heavy atom. The Labute approximate surface area is 219 Å². The van der Waals surface area contributed by atoms with E-state index in [1.165, 1.54) is 0 Å². The molecule has 1 heterocycles. The topological polar surface area (TPSA) is 90.2 Å². The van der Waals surface area contributed by atoms with Crippen molar-refractivity contribution in [3.05, 3.63) is 0 Å². The number of rotatable bonds is 2. The van der Waals surface area contributed by atoms with Gasteiger partial charge in [0, 0.05) is 5.92 Å². The van der Waals surface area contributed by atoms with E-state index in [-0.39, 0.29) is 57.0 Å². The van der Waals surface area contributed by atoms with Crippen molar-refractivity contribution in [1.82, 2.24) is 0 Å². The summed E-state index contributed by atoms with van der Waals surface area (Å²) in [7, 11) is 0. The van der Waals surface area contributed by atoms with Crippen LogP contribution in [0, 0.1) is 51.2 Å². The minimum absolute atomic E-state index is 0.0364. The first-order valence-corrected chi connectivity index (χ1v) is 14.8. The quantitative estimate of drug-likeness (QED) is 0.426. The summed E-state index contributed by atoms with van der Waals surface area (Å²) in [6, 6.07) is 0. The van der Waals surface area contributed by atoms with Gasteiger partial charge < -0.3 is 25.2 Å². The monoisotopic (exact) mass is 506 g/mol. The molecule has 4 N–H and O–H groups in total. The van der Waals surface area contributed by atoms with Crippen LogP contribution in [-0.4, -0.2) is 56.5 Å². The molecule has 12 atom stereocenters. The molecule has 0 aromatic carbocycles. The van der Waals surface area contributed by atoms with Gasteiger partial charge in [0.15, 0.2) is 0 Å². The van der Waals surface area contributed by atoms with Gasteiger partial charge in [0.2, 0.25) is 0 Å². The molecule has 0 amide bonds. The first-order valence-electron chi connectivity index (χ1n) is 14.8. The third-order valence-corrected chi connectivity index (χ3v) is 13.6. The highest BCUT2D eigenvalue weighted by Gasteiger charge is 2.73. The van der Waals surface area contributed by atoms with Gasteiger partial charge in [-0.15, -0.1) is 0 Å². The van der Waals surface area contributed by atoms with E-state index in [1.54, 1.807) is 0 Å². The average Bonchev–Trinajstić information content (AvgIpc) is 3.13. The Kier molecular flexibility index (Phi) is 6.20. The lowest BCUT2D eigenvalue weighted by molar-refractivity contribution is -0.276. The van der Waals surface area contributed by atoms with Crippen molar-refractivity contribution in [2.75, 3.05) is 6.61 Å². The van der Waals surface area contributed by atoms with Crippen molar-refractivity contribution >= 4 is 0 Å². The Morgan fingerprint density at radius 1 is 0.806 bits per heavy atom. The normalized spacial score (nSPS) is 57.0. The van der Waals surface area contributed by atoms with Crippen molar-refractivity contribution in [3.8, 4) is 0 Å². The molecule has 5 aliphatic rings. The van der Waals surface area contributed by atoms with E-state index in [9.17, 15) is 20.4 Å². The van der Waals surface area contributed by atoms with Gasteiger partial charge in [-0.05, 0) is 117 Å². The molecule has 0 aromatic rings. The fourth-order valence-corrected chi connectivity index (χ4v) is 11.4. The van der Waals surface area contributed by atoms with Gasteiger partial charge in [0.25, 0.3) is 0 Å². The smallest absolute Gasteiger partial charge is 0.0686 e. The van der Waals surface area contributed by atoms with Crippen LogP contribution < -0.4 is 0 Å². The van der Waals surface area contributed by atoms with Gasteiger partial charge in [-0.3, -0.25) is 0 Å². The fourth-order valence-electron chi connectivity index (χ4n) is 11.4. The Balaban J connectivity index is 1.47. The summed E-state index contributed by atoms with van der Waals surface area (Å²) in [5.74, 6) is 0.934. The Morgan fingerprint density at radius 2 is 1.47 bits per heavy atom. The summed E-state index contributed by atoms with van der Waals surface area (Å²) in [6.45, 7) is 18.1. The molecule has 208 valence electrons. The van der Waals surface area contributed by atoms with Crippen LogP contribution in [0.5, 0.6) is 0 Å². The van der Waals surface area contributed by atoms with Crippen molar-refractivity contribution in [3.63, 3.8) is 0 Å². The van der Waals surface area contributed by atoms with E-state index in [1.807, 2.05) is 13.8 Å². The second-order valence-corrected chi connectivity index (χ2v) is 16.0. The molecular formula is C31H54O5. The Bertz CT molecular complexity index is 856. The van der Waals surface area contributed by atoms with Crippen molar-refractivity contribution in [2.24, 2.45) is 51.2 Å². The number of hydrogen-bond acceptors (Lipinski definition) is 5. The molecular weight excluding hydrogens is 452 g/mol. The summed E-state index contributed by atoms with van der Waals surface area (Å²) in [5.41, 5.74) is -1.61. The predicted octanol–water partition coefficient (Wildman–Crippen LogP) is 4.93. The third-order valence-electron chi connectivity index (χ3n) is 13.6. The van der Waals surface area contributed by atoms with Crippen LogP contribution in [0.2, 0.25) is 0 Å². The van der Waals surface area contributed by atoms with Crippen LogP contribution >= 0.6 is 0 Å². The van der Waals surface area contributed by atoms with Crippen molar-refractivity contribution < 1.29 is 25.2 Å². The highest BCUT2D eigenvalue weighted by molar-refractivity contribution is 5.21. The second-order valence-electron chi connectivity index (χ2n) is 16.0. The summed E-state index contributed by atoms with van der Waals surface area (Å²) in [4.78, 5) is 0. The number of ether oxygens (including phenoxy) is 1. The zero-order valence-corrected chi connectivity index (χ0v) is 24.2. The third kappa shape index (κ3) is 3.51. The maximum absolute atomic E-state index is 11.9. The highest BCUT2D eigenvalue weighted by atomic mass is 16.5. The molecule has 0 aromatic heterocycles. The van der Waals surface area contributed by atoms with Crippen LogP contribution in [0.1, 0.15) is 107 Å². The second kappa shape index (κ2) is 8.16. The molecule has 5 nitrogen and oxygen atoms in total. The summed E-state index contributed by atoms with van der Waals surface area (Å²) < 4.78 is 6.62. The van der Waals surface area contributed by atoms with Crippen LogP contribution in [0.15, 0.2) is 0 Å². The highest BCUT2D eigenvalue weighted by Crippen LogP contribution is 2.76. The molecule has 0 spiro atoms. The zero-order valence-electron chi connectivity index (χ0n) is 24.2. The van der Waals surface area contributed by atoms with Crippen LogP contribution in [0.3, 0.4) is 0 Å². The van der Waals surface area contributed by atoms with Crippen molar-refractivity contribution in [2.45, 2.75) is 136 Å². The molecule has 5 rings (SSSR count). The van der Waals surface area contributed by atoms with Crippen LogP contribution in [0.25, 0.3) is 0 Å². The van der Waals surface area contributed by atoms with Gasteiger partial charge in [-0.2, -0.15) is 0 Å². The minimum Gasteiger partial charge on any atom is -0.393 e. The minimum atomic E-state index is -0.734. The zero-order chi connectivity index (χ0) is 26.7. The average molecular weight is 507 g/mol. The summed E-state index contributed by atoms with van der Waals surface area (Å²) in [6.07, 6.45) is 5.97. The SMILES string of the molecule is CC(C)(O)C1CC[C@@](C)(C2CC[C@]3(C)C2C(O)CC2C4(C)CCC(O)C(C)(C)C4[C@@H](O)CC23C)OC1. The number of aliphatic hydroxyl groups is 4. The lowest BCUT2D eigenvalue weighted by Crippen LogP contribution is -2.69. The number of hydrogen-bond donors (Lipinski definition) is 4. The van der Waals surface area contributed by atoms with Gasteiger partial charge in [0.1, 0.15) is 0 Å². The largest absolute Gasteiger partial charge is 0.393 e. The Hall–Kier alpha value is -0.200. The summed E-state index contributed by atoms with van der Waals surface area (Å²) >= 11 is 0. The lowest BCUT2D eigenvalue weighted by Gasteiger charge is -2.71. The van der Waals surface area contributed by atoms with E-state index in [2.05, 4.69) is 41.5 Å². The molecule has 36 heavy (non-hydrogen) atoms. The van der Waals surface area contributed by atoms with Gasteiger partial charge >= 0.3 is 0 Å². The molecule has 0 radical (unpaired) electrons. The maximum Gasteiger partial charge on any atom is 0.0686 e. The molecule has 1 aliphatic heterocycles. The molecule has 5 heteroatoms. The van der Waals surface area contributed by atoms with E-state index >= 15 is 0 Å². The van der Waals surface area contributed by atoms with Gasteiger partial charge in [-0.25, -0.2) is 0 Å². The predicted molar refractivity (Wildman–Crippen MR) is 141 cm³/mol. The molecule has 1 saturated heterocycles. The first-order chi connectivity index (χ1) is 16.4. The van der Waals surface area contributed by atoms with Gasteiger partial charge in [-0.1, -0.05) is 34.6 Å². The number of aliphatic hydroxyl groups excluding tert-OH is 3. The van der Waals surface area contributed by atoms with E-state index in [4.69, 9.17) is 4.74 Å². The van der Waals surface area contributed by atoms with Crippen LogP contribution in [0.4, 0.5) is 0 Å². The van der Waals surface area contributed by atoms with Crippen LogP contribution in [-0.2, 0) is 4.74 Å². The first kappa shape index (κ1) is 27.4. The molecule has 0 bridgehead atoms. The molecule has 4 aliphatic carbocycles. The van der Waals surface area contributed by atoms with E-state index in [0.29, 0.717) is 12.5 Å². The van der Waals surface area contributed by atoms with E-state index in [0.717, 1.165) is 51.4 Å². The lowest BCUT2D eigenvalue weighted by atomic mass is 9.34. The molecule has 5 fully saturated rings. The summed E-state index contributed by atoms with van der Waals surface area (Å²) in [5, 5.41) is 45.2. The molecule has 9 unspecified atom stereocenters. The van der Waals surface area contributed by atoms with E-state index < -0.39 is 17.8 Å². The maximum atomic E-state index is 11.9. The number of fused-ring (bicyclic) bond motifs is 5. The fraction of sp³-hybridized carbons (Fsp3) is 1.00. The standard InChI is InChI=1S/C31H54O5/c1-26(2)23(34)11-12-28(5)22-15-20(32)24-19(31(8)14-9-18(17-36-31)27(3,4)35)10-13-29(24,6)30(22,7)16-21(33)25(26)28/h18-25,32-35H,9-17H2,1-8H3/t18?,19?,20?,21-,22?,23?,24?,25?,28?,29+,30?,31-/m0/s1. The molecule has 4 saturated carbocycles. The van der Waals surface area contributed by atoms with Crippen molar-refractivity contribution in [1.29, 1.82) is 0 Å².